The molecule has 1 heterocycles. The average Bonchev–Trinajstić information content (AvgIpc) is 3.57. The molecule has 2 aliphatic carbocycles. The molecular weight excluding hydrogens is 759 g/mol. The fraction of sp³-hybridized carbons (Fsp3) is 0.333. The quantitative estimate of drug-likeness (QED) is 0.121. The molecule has 0 unspecified atom stereocenters. The molecule has 60 heavy (non-hydrogen) atoms. The maximum atomic E-state index is 10.1. The number of aliphatic hydroxyl groups is 1. The minimum atomic E-state index is -0.942. The van der Waals surface area contributed by atoms with Crippen molar-refractivity contribution >= 4 is 34.3 Å². The van der Waals surface area contributed by atoms with Crippen LogP contribution >= 0.6 is 11.8 Å². The first kappa shape index (κ1) is 40.2. The first-order valence-corrected chi connectivity index (χ1v) is 22.7. The number of methoxy groups -OCH3 is 2. The van der Waals surface area contributed by atoms with Crippen LogP contribution in [0.1, 0.15) is 98.6 Å². The van der Waals surface area contributed by atoms with Crippen molar-refractivity contribution in [2.75, 3.05) is 32.7 Å². The average molecular weight is 816 g/mol. The van der Waals surface area contributed by atoms with Crippen molar-refractivity contribution in [3.63, 3.8) is 0 Å². The van der Waals surface area contributed by atoms with Gasteiger partial charge < -0.3 is 24.6 Å². The van der Waals surface area contributed by atoms with Crippen LogP contribution in [0.25, 0.3) is 28.0 Å². The molecule has 6 aromatic carbocycles. The van der Waals surface area contributed by atoms with E-state index in [1.807, 2.05) is 24.3 Å². The van der Waals surface area contributed by atoms with E-state index in [4.69, 9.17) is 14.2 Å². The number of benzene rings is 6. The Balaban J connectivity index is 1.34. The Kier molecular flexibility index (Phi) is 11.0. The molecule has 1 saturated carbocycles. The maximum Gasteiger partial charge on any atom is 0.178 e. The number of fused-ring (bicyclic) bond motifs is 10. The molecule has 1 aliphatic heterocycles. The van der Waals surface area contributed by atoms with E-state index in [0.29, 0.717) is 12.0 Å². The molecule has 0 aromatic heterocycles. The standard InChI is InChI=1S/C54H57NO4S/c1-6-25-52(26-7-2)28-30-53(31-29-52)45-14-10-9-13-41(45)49-43-35-48(60-47-15-11-8-12-36(47)3)46(55-32-33-56)34-44(43)51-42(50(49)53)24-27-54(59-51,37-16-20-39(57-4)21-17-37)38-18-22-40(58-5)23-19-38/h8-24,27,34-35,55-56H,6-7,25-26,28-33H2,1-5H3. The van der Waals surface area contributed by atoms with Crippen LogP contribution in [-0.2, 0) is 11.0 Å². The Labute approximate surface area is 360 Å². The highest BCUT2D eigenvalue weighted by molar-refractivity contribution is 7.99. The van der Waals surface area contributed by atoms with Crippen molar-refractivity contribution in [1.82, 2.24) is 0 Å². The zero-order chi connectivity index (χ0) is 41.5. The van der Waals surface area contributed by atoms with Gasteiger partial charge in [0.1, 0.15) is 17.2 Å². The van der Waals surface area contributed by atoms with E-state index in [2.05, 4.69) is 123 Å². The van der Waals surface area contributed by atoms with Crippen LogP contribution in [0, 0.1) is 12.3 Å². The number of nitrogens with one attached hydrogen (secondary N) is 1. The topological polar surface area (TPSA) is 60.0 Å². The van der Waals surface area contributed by atoms with Crippen molar-refractivity contribution < 1.29 is 19.3 Å². The molecule has 9 rings (SSSR count). The third-order valence-electron chi connectivity index (χ3n) is 13.8. The highest BCUT2D eigenvalue weighted by Gasteiger charge is 2.52. The molecule has 6 heteroatoms. The number of aryl methyl sites for hydroxylation is 1. The van der Waals surface area contributed by atoms with Crippen LogP contribution in [-0.4, -0.2) is 32.5 Å². The fourth-order valence-electron chi connectivity index (χ4n) is 11.0. The summed E-state index contributed by atoms with van der Waals surface area (Å²) in [5, 5.41) is 16.0. The molecule has 5 nitrogen and oxygen atoms in total. The SMILES string of the molecule is CCCC1(CCC)CCC2(CC1)c1ccccc1-c1c2c2c(c3cc(NCCO)c(Sc4ccccc4C)cc13)OC(c1ccc(OC)cc1)(c1ccc(OC)cc1)C=C2. The van der Waals surface area contributed by atoms with Gasteiger partial charge in [0.05, 0.1) is 20.8 Å². The molecule has 0 saturated heterocycles. The number of aliphatic hydroxyl groups excluding tert-OH is 1. The first-order chi connectivity index (χ1) is 29.3. The fourth-order valence-corrected chi connectivity index (χ4v) is 12.0. The Bertz CT molecular complexity index is 2490. The Morgan fingerprint density at radius 1 is 0.733 bits per heavy atom. The van der Waals surface area contributed by atoms with Crippen LogP contribution in [0.5, 0.6) is 17.2 Å². The van der Waals surface area contributed by atoms with Gasteiger partial charge in [-0.1, -0.05) is 111 Å². The zero-order valence-electron chi connectivity index (χ0n) is 35.7. The van der Waals surface area contributed by atoms with Gasteiger partial charge in [0.15, 0.2) is 5.60 Å². The largest absolute Gasteiger partial charge is 0.497 e. The van der Waals surface area contributed by atoms with Crippen molar-refractivity contribution in [1.29, 1.82) is 0 Å². The summed E-state index contributed by atoms with van der Waals surface area (Å²) in [6, 6.07) is 39.1. The van der Waals surface area contributed by atoms with Gasteiger partial charge in [0.25, 0.3) is 0 Å². The van der Waals surface area contributed by atoms with Crippen molar-refractivity contribution in [2.24, 2.45) is 5.41 Å². The van der Waals surface area contributed by atoms with Gasteiger partial charge in [-0.05, 0) is 133 Å². The summed E-state index contributed by atoms with van der Waals surface area (Å²) < 4.78 is 19.1. The van der Waals surface area contributed by atoms with E-state index in [0.717, 1.165) is 57.2 Å². The van der Waals surface area contributed by atoms with E-state index in [-0.39, 0.29) is 12.0 Å². The van der Waals surface area contributed by atoms with Crippen LogP contribution in [0.2, 0.25) is 0 Å². The van der Waals surface area contributed by atoms with Gasteiger partial charge in [0, 0.05) is 49.5 Å². The summed E-state index contributed by atoms with van der Waals surface area (Å²) in [7, 11) is 3.41. The number of ether oxygens (including phenoxy) is 3. The van der Waals surface area contributed by atoms with Crippen LogP contribution in [0.4, 0.5) is 5.69 Å². The van der Waals surface area contributed by atoms with Crippen LogP contribution in [0.15, 0.2) is 125 Å². The number of anilines is 1. The van der Waals surface area contributed by atoms with Gasteiger partial charge in [-0.25, -0.2) is 0 Å². The van der Waals surface area contributed by atoms with E-state index in [1.54, 1.807) is 26.0 Å². The molecule has 1 spiro atoms. The lowest BCUT2D eigenvalue weighted by Gasteiger charge is -2.47. The molecule has 0 atom stereocenters. The zero-order valence-corrected chi connectivity index (χ0v) is 36.5. The number of hydrogen-bond donors (Lipinski definition) is 2. The normalized spacial score (nSPS) is 16.5. The minimum absolute atomic E-state index is 0.0273. The summed E-state index contributed by atoms with van der Waals surface area (Å²) in [5.41, 5.74) is 10.3. The Morgan fingerprint density at radius 3 is 1.98 bits per heavy atom. The van der Waals surface area contributed by atoms with Gasteiger partial charge >= 0.3 is 0 Å². The number of hydrogen-bond acceptors (Lipinski definition) is 6. The molecule has 0 amide bonds. The molecule has 3 aliphatic rings. The summed E-state index contributed by atoms with van der Waals surface area (Å²) in [6.45, 7) is 7.36. The lowest BCUT2D eigenvalue weighted by atomic mass is 9.57. The highest BCUT2D eigenvalue weighted by Crippen LogP contribution is 2.65. The van der Waals surface area contributed by atoms with Gasteiger partial charge in [-0.15, -0.1) is 0 Å². The Morgan fingerprint density at radius 2 is 1.37 bits per heavy atom. The smallest absolute Gasteiger partial charge is 0.178 e. The van der Waals surface area contributed by atoms with Crippen molar-refractivity contribution in [2.45, 2.75) is 92.9 Å². The predicted octanol–water partition coefficient (Wildman–Crippen LogP) is 13.5. The molecule has 0 radical (unpaired) electrons. The number of rotatable bonds is 13. The summed E-state index contributed by atoms with van der Waals surface area (Å²) in [5.74, 6) is 2.48. The van der Waals surface area contributed by atoms with E-state index >= 15 is 0 Å². The van der Waals surface area contributed by atoms with Crippen LogP contribution in [0.3, 0.4) is 0 Å². The second-order valence-electron chi connectivity index (χ2n) is 17.2. The third kappa shape index (κ3) is 6.67. The minimum Gasteiger partial charge on any atom is -0.497 e. The molecule has 308 valence electrons. The van der Waals surface area contributed by atoms with Gasteiger partial charge in [-0.2, -0.15) is 0 Å². The summed E-state index contributed by atoms with van der Waals surface area (Å²) in [4.78, 5) is 2.34. The Hall–Kier alpha value is -5.17. The first-order valence-electron chi connectivity index (χ1n) is 21.9. The second-order valence-corrected chi connectivity index (χ2v) is 18.2. The van der Waals surface area contributed by atoms with E-state index < -0.39 is 5.60 Å². The molecule has 0 bridgehead atoms. The molecule has 1 fully saturated rings. The predicted molar refractivity (Wildman–Crippen MR) is 248 cm³/mol. The lowest BCUT2D eigenvalue weighted by molar-refractivity contribution is 0.118. The molecule has 6 aromatic rings. The molecular formula is C54H57NO4S. The summed E-state index contributed by atoms with van der Waals surface area (Å²) >= 11 is 1.79. The van der Waals surface area contributed by atoms with E-state index in [9.17, 15) is 5.11 Å². The maximum absolute atomic E-state index is 10.1. The molecule has 2 N–H and O–H groups in total. The van der Waals surface area contributed by atoms with Gasteiger partial charge in [-0.3, -0.25) is 0 Å². The summed E-state index contributed by atoms with van der Waals surface area (Å²) in [6.07, 6.45) is 14.4. The van der Waals surface area contributed by atoms with Crippen molar-refractivity contribution in [3.8, 4) is 28.4 Å². The highest BCUT2D eigenvalue weighted by atomic mass is 32.2. The lowest BCUT2D eigenvalue weighted by Crippen LogP contribution is -2.38. The van der Waals surface area contributed by atoms with Gasteiger partial charge in [0.2, 0.25) is 0 Å². The third-order valence-corrected chi connectivity index (χ3v) is 15.1. The van der Waals surface area contributed by atoms with E-state index in [1.165, 1.54) is 82.2 Å². The van der Waals surface area contributed by atoms with Crippen LogP contribution < -0.4 is 19.5 Å². The van der Waals surface area contributed by atoms with Crippen molar-refractivity contribution in [3.05, 3.63) is 149 Å². The monoisotopic (exact) mass is 815 g/mol. The second kappa shape index (κ2) is 16.4.